The number of para-hydroxylation sites is 3. The molecule has 0 unspecified atom stereocenters. The minimum Gasteiger partial charge on any atom is -0.309 e. The Morgan fingerprint density at radius 1 is 0.258 bits per heavy atom. The van der Waals surface area contributed by atoms with Crippen molar-refractivity contribution in [1.82, 2.24) is 34.1 Å². The van der Waals surface area contributed by atoms with Crippen LogP contribution in [0.2, 0.25) is 0 Å². The van der Waals surface area contributed by atoms with Gasteiger partial charge in [0.1, 0.15) is 0 Å². The Hall–Kier alpha value is -8.55. The Morgan fingerprint density at radius 2 is 0.645 bits per heavy atom. The normalized spacial score (nSPS) is 11.5. The molecule has 0 aliphatic carbocycles. The number of nitrogens with zero attached hydrogens (tertiary/aromatic N) is 7. The van der Waals surface area contributed by atoms with Crippen molar-refractivity contribution >= 4 is 43.6 Å². The molecule has 7 nitrogen and oxygen atoms in total. The summed E-state index contributed by atoms with van der Waals surface area (Å²) in [5.41, 5.74) is 11.9. The van der Waals surface area contributed by atoms with Gasteiger partial charge in [-0.2, -0.15) is 9.97 Å². The minimum atomic E-state index is 0.543. The van der Waals surface area contributed by atoms with Crippen LogP contribution in [0.25, 0.3) is 112 Å². The van der Waals surface area contributed by atoms with Crippen molar-refractivity contribution in [1.29, 1.82) is 0 Å². The lowest BCUT2D eigenvalue weighted by Crippen LogP contribution is -2.06. The van der Waals surface area contributed by atoms with Gasteiger partial charge in [-0.25, -0.2) is 15.0 Å². The van der Waals surface area contributed by atoms with Crippen LogP contribution < -0.4 is 0 Å². The average Bonchev–Trinajstić information content (AvgIpc) is 3.86. The Morgan fingerprint density at radius 3 is 1.16 bits per heavy atom. The van der Waals surface area contributed by atoms with Gasteiger partial charge in [0.2, 0.25) is 5.95 Å². The molecule has 4 heterocycles. The van der Waals surface area contributed by atoms with Gasteiger partial charge in [-0.15, -0.1) is 0 Å². The highest BCUT2D eigenvalue weighted by atomic mass is 15.2. The molecule has 0 saturated heterocycles. The van der Waals surface area contributed by atoms with Crippen LogP contribution in [-0.2, 0) is 0 Å². The molecule has 0 aliphatic rings. The molecule has 0 spiro atoms. The van der Waals surface area contributed by atoms with Gasteiger partial charge >= 0.3 is 0 Å². The first kappa shape index (κ1) is 35.4. The minimum absolute atomic E-state index is 0.543. The Labute approximate surface area is 356 Å². The summed E-state index contributed by atoms with van der Waals surface area (Å²) in [5, 5.41) is 4.58. The van der Waals surface area contributed by atoms with E-state index in [9.17, 15) is 0 Å². The molecule has 12 rings (SSSR count). The maximum absolute atomic E-state index is 5.28. The third-order valence-corrected chi connectivity index (χ3v) is 11.6. The van der Waals surface area contributed by atoms with Gasteiger partial charge < -0.3 is 4.57 Å². The zero-order valence-electron chi connectivity index (χ0n) is 33.3. The molecular weight excluding hydrogens is 759 g/mol. The van der Waals surface area contributed by atoms with Crippen LogP contribution in [0, 0.1) is 0 Å². The van der Waals surface area contributed by atoms with E-state index >= 15 is 0 Å². The van der Waals surface area contributed by atoms with Crippen molar-refractivity contribution < 1.29 is 0 Å². The van der Waals surface area contributed by atoms with Gasteiger partial charge in [-0.05, 0) is 42.5 Å². The van der Waals surface area contributed by atoms with Crippen molar-refractivity contribution in [3.63, 3.8) is 0 Å². The molecule has 0 radical (unpaired) electrons. The van der Waals surface area contributed by atoms with E-state index in [0.717, 1.165) is 83.1 Å². The predicted molar refractivity (Wildman–Crippen MR) is 251 cm³/mol. The van der Waals surface area contributed by atoms with E-state index in [1.807, 2.05) is 66.7 Å². The van der Waals surface area contributed by atoms with Gasteiger partial charge in [0, 0.05) is 55.0 Å². The molecule has 0 fully saturated rings. The summed E-state index contributed by atoms with van der Waals surface area (Å²) >= 11 is 0. The molecule has 0 bridgehead atoms. The zero-order valence-corrected chi connectivity index (χ0v) is 33.3. The van der Waals surface area contributed by atoms with Crippen LogP contribution in [0.15, 0.2) is 212 Å². The molecule has 8 aromatic carbocycles. The van der Waals surface area contributed by atoms with Crippen molar-refractivity contribution in [3.05, 3.63) is 212 Å². The number of aromatic nitrogens is 7. The fourth-order valence-corrected chi connectivity index (χ4v) is 8.67. The molecule has 4 aromatic heterocycles. The molecule has 0 atom stereocenters. The van der Waals surface area contributed by atoms with Gasteiger partial charge in [0.15, 0.2) is 17.5 Å². The van der Waals surface area contributed by atoms with Crippen LogP contribution in [0.5, 0.6) is 0 Å². The Kier molecular flexibility index (Phi) is 8.35. The number of rotatable bonds is 7. The molecule has 0 amide bonds. The number of hydrogen-bond donors (Lipinski definition) is 0. The fraction of sp³-hybridized carbons (Fsp3) is 0. The number of hydrogen-bond acceptors (Lipinski definition) is 5. The van der Waals surface area contributed by atoms with Gasteiger partial charge in [0.25, 0.3) is 0 Å². The fourth-order valence-electron chi connectivity index (χ4n) is 8.67. The van der Waals surface area contributed by atoms with E-state index in [1.54, 1.807) is 0 Å². The lowest BCUT2D eigenvalue weighted by Gasteiger charge is -2.12. The molecule has 7 heteroatoms. The van der Waals surface area contributed by atoms with Crippen LogP contribution in [0.4, 0.5) is 0 Å². The second kappa shape index (κ2) is 14.6. The summed E-state index contributed by atoms with van der Waals surface area (Å²) in [6.45, 7) is 0. The lowest BCUT2D eigenvalue weighted by atomic mass is 10.1. The second-order valence-electron chi connectivity index (χ2n) is 15.3. The quantitative estimate of drug-likeness (QED) is 0.161. The van der Waals surface area contributed by atoms with Crippen LogP contribution >= 0.6 is 0 Å². The van der Waals surface area contributed by atoms with E-state index in [4.69, 9.17) is 24.9 Å². The maximum atomic E-state index is 5.28. The zero-order chi connectivity index (χ0) is 41.0. The molecule has 62 heavy (non-hydrogen) atoms. The molecule has 290 valence electrons. The van der Waals surface area contributed by atoms with Gasteiger partial charge in [-0.3, -0.25) is 4.57 Å². The van der Waals surface area contributed by atoms with E-state index in [1.165, 1.54) is 5.39 Å². The summed E-state index contributed by atoms with van der Waals surface area (Å²) in [5.74, 6) is 2.34. The summed E-state index contributed by atoms with van der Waals surface area (Å²) < 4.78 is 4.55. The smallest absolute Gasteiger partial charge is 0.238 e. The SMILES string of the molecule is c1ccc(-c2cc(-c3ccccc3)nc(-c3ccc(-c4nc(-c5ccccc5)nc(-n5c6ccccc6c6cc7c(cc65)c5ccccc5n7-c5ccccc5)n4)cc3)n2)cc1. The summed E-state index contributed by atoms with van der Waals surface area (Å²) in [4.78, 5) is 25.7. The molecular formula is C55H35N7. The molecule has 12 aromatic rings. The van der Waals surface area contributed by atoms with E-state index in [2.05, 4.69) is 155 Å². The number of fused-ring (bicyclic) bond motifs is 6. The van der Waals surface area contributed by atoms with Gasteiger partial charge in [-0.1, -0.05) is 170 Å². The summed E-state index contributed by atoms with van der Waals surface area (Å²) in [6, 6.07) is 73.2. The first-order valence-electron chi connectivity index (χ1n) is 20.7. The predicted octanol–water partition coefficient (Wildman–Crippen LogP) is 13.2. The van der Waals surface area contributed by atoms with Crippen LogP contribution in [0.3, 0.4) is 0 Å². The largest absolute Gasteiger partial charge is 0.309 e. The highest BCUT2D eigenvalue weighted by Gasteiger charge is 2.21. The van der Waals surface area contributed by atoms with E-state index < -0.39 is 0 Å². The summed E-state index contributed by atoms with van der Waals surface area (Å²) in [7, 11) is 0. The van der Waals surface area contributed by atoms with Crippen molar-refractivity contribution in [2.24, 2.45) is 0 Å². The second-order valence-corrected chi connectivity index (χ2v) is 15.3. The van der Waals surface area contributed by atoms with E-state index in [-0.39, 0.29) is 0 Å². The van der Waals surface area contributed by atoms with E-state index in [0.29, 0.717) is 23.4 Å². The first-order chi connectivity index (χ1) is 30.7. The topological polar surface area (TPSA) is 74.3 Å². The molecule has 0 aliphatic heterocycles. The average molecular weight is 794 g/mol. The van der Waals surface area contributed by atoms with Crippen molar-refractivity contribution in [2.75, 3.05) is 0 Å². The first-order valence-corrected chi connectivity index (χ1v) is 20.7. The third-order valence-electron chi connectivity index (χ3n) is 11.6. The van der Waals surface area contributed by atoms with Crippen LogP contribution in [-0.4, -0.2) is 34.1 Å². The Bertz CT molecular complexity index is 3540. The summed E-state index contributed by atoms with van der Waals surface area (Å²) in [6.07, 6.45) is 0. The van der Waals surface area contributed by atoms with Crippen molar-refractivity contribution in [2.45, 2.75) is 0 Å². The third kappa shape index (κ3) is 6.02. The Balaban J connectivity index is 1.04. The molecule has 0 saturated carbocycles. The van der Waals surface area contributed by atoms with Gasteiger partial charge in [0.05, 0.1) is 33.5 Å². The lowest BCUT2D eigenvalue weighted by molar-refractivity contribution is 0.954. The number of benzene rings is 8. The monoisotopic (exact) mass is 793 g/mol. The molecule has 0 N–H and O–H groups in total. The van der Waals surface area contributed by atoms with Crippen molar-refractivity contribution in [3.8, 4) is 68.3 Å². The maximum Gasteiger partial charge on any atom is 0.238 e. The highest BCUT2D eigenvalue weighted by Crippen LogP contribution is 2.40. The standard InChI is InChI=1S/C55H35N7/c1-5-17-36(18-6-1)46-35-47(37-19-7-2-8-20-37)57-52(56-46)39-29-31-40(32-30-39)54-58-53(38-21-9-3-10-22-38)59-55(60-54)62-49-28-16-14-26-43(49)45-33-50-44(34-51(45)62)42-25-13-15-27-48(42)61(50)41-23-11-4-12-24-41/h1-35H. The van der Waals surface area contributed by atoms with Crippen LogP contribution in [0.1, 0.15) is 0 Å². The highest BCUT2D eigenvalue weighted by molar-refractivity contribution is 6.19.